The van der Waals surface area contributed by atoms with Crippen LogP contribution in [0.25, 0.3) is 0 Å². The number of esters is 1. The molecule has 2 heteroatoms. The zero-order valence-corrected chi connectivity index (χ0v) is 11.9. The molecule has 0 spiro atoms. The van der Waals surface area contributed by atoms with Crippen molar-refractivity contribution in [3.05, 3.63) is 0 Å². The maximum Gasteiger partial charge on any atom is 0.306 e. The van der Waals surface area contributed by atoms with Gasteiger partial charge >= 0.3 is 5.97 Å². The second-order valence-electron chi connectivity index (χ2n) is 7.19. The van der Waals surface area contributed by atoms with Crippen LogP contribution in [0.2, 0.25) is 0 Å². The molecule has 98 valence electrons. The molecule has 0 amide bonds. The van der Waals surface area contributed by atoms with Crippen LogP contribution in [-0.2, 0) is 9.53 Å². The quantitative estimate of drug-likeness (QED) is 0.699. The van der Waals surface area contributed by atoms with Crippen LogP contribution < -0.4 is 0 Å². The van der Waals surface area contributed by atoms with Gasteiger partial charge in [0.15, 0.2) is 0 Å². The normalized spacial score (nSPS) is 38.7. The minimum Gasteiger partial charge on any atom is -0.462 e. The molecule has 2 bridgehead atoms. The molecule has 0 saturated heterocycles. The molecule has 2 aliphatic carbocycles. The van der Waals surface area contributed by atoms with E-state index in [0.717, 1.165) is 12.3 Å². The summed E-state index contributed by atoms with van der Waals surface area (Å²) in [6.45, 7) is 11.1. The van der Waals surface area contributed by atoms with Crippen LogP contribution in [0.3, 0.4) is 0 Å². The van der Waals surface area contributed by atoms with Gasteiger partial charge < -0.3 is 4.74 Å². The number of ether oxygens (including phenoxy) is 1. The first kappa shape index (κ1) is 12.9. The van der Waals surface area contributed by atoms with Gasteiger partial charge in [-0.25, -0.2) is 0 Å². The van der Waals surface area contributed by atoms with E-state index in [0.29, 0.717) is 17.8 Å². The molecule has 2 nitrogen and oxygen atoms in total. The molecule has 17 heavy (non-hydrogen) atoms. The molecule has 0 aromatic carbocycles. The highest BCUT2D eigenvalue weighted by Crippen LogP contribution is 2.66. The lowest BCUT2D eigenvalue weighted by molar-refractivity contribution is -0.157. The summed E-state index contributed by atoms with van der Waals surface area (Å²) in [5.74, 6) is 1.13. The third-order valence-corrected chi connectivity index (χ3v) is 5.56. The molecule has 2 aliphatic rings. The highest BCUT2D eigenvalue weighted by molar-refractivity contribution is 5.70. The second-order valence-corrected chi connectivity index (χ2v) is 7.19. The van der Waals surface area contributed by atoms with E-state index in [1.54, 1.807) is 0 Å². The molecule has 2 fully saturated rings. The monoisotopic (exact) mass is 238 g/mol. The maximum absolute atomic E-state index is 11.8. The lowest BCUT2D eigenvalue weighted by Gasteiger charge is -2.38. The molecule has 0 aromatic rings. The van der Waals surface area contributed by atoms with Gasteiger partial charge in [0.1, 0.15) is 6.10 Å². The lowest BCUT2D eigenvalue weighted by atomic mass is 9.70. The summed E-state index contributed by atoms with van der Waals surface area (Å²) in [4.78, 5) is 11.8. The fourth-order valence-electron chi connectivity index (χ4n) is 3.85. The number of rotatable bonds is 3. The van der Waals surface area contributed by atoms with E-state index < -0.39 is 0 Å². The van der Waals surface area contributed by atoms with E-state index in [-0.39, 0.29) is 17.5 Å². The van der Waals surface area contributed by atoms with E-state index in [2.05, 4.69) is 34.6 Å². The summed E-state index contributed by atoms with van der Waals surface area (Å²) in [5, 5.41) is 0. The van der Waals surface area contributed by atoms with Crippen molar-refractivity contribution in [3.8, 4) is 0 Å². The standard InChI is InChI=1S/C15H26O2/c1-10(2)8-13(16)17-12-9-11-6-7-15(12,5)14(11,3)4/h10-12H,6-9H2,1-5H3/t11?,12?,15-/m0/s1. The average Bonchev–Trinajstić information content (AvgIpc) is 2.49. The van der Waals surface area contributed by atoms with E-state index in [1.165, 1.54) is 12.8 Å². The van der Waals surface area contributed by atoms with Crippen LogP contribution in [0.1, 0.15) is 60.3 Å². The van der Waals surface area contributed by atoms with Gasteiger partial charge in [0.2, 0.25) is 0 Å². The fourth-order valence-corrected chi connectivity index (χ4v) is 3.85. The Labute approximate surface area is 105 Å². The molecule has 2 rings (SSSR count). The molecule has 0 aliphatic heterocycles. The van der Waals surface area contributed by atoms with E-state index in [9.17, 15) is 4.79 Å². The zero-order chi connectivity index (χ0) is 12.8. The van der Waals surface area contributed by atoms with E-state index in [4.69, 9.17) is 4.74 Å². The molecular formula is C15H26O2. The van der Waals surface area contributed by atoms with Gasteiger partial charge in [-0.15, -0.1) is 0 Å². The summed E-state index contributed by atoms with van der Waals surface area (Å²) in [7, 11) is 0. The van der Waals surface area contributed by atoms with Gasteiger partial charge in [-0.3, -0.25) is 4.79 Å². The largest absolute Gasteiger partial charge is 0.462 e. The van der Waals surface area contributed by atoms with Crippen LogP contribution in [0.15, 0.2) is 0 Å². The summed E-state index contributed by atoms with van der Waals surface area (Å²) in [5.41, 5.74) is 0.528. The first-order valence-corrected chi connectivity index (χ1v) is 6.97. The topological polar surface area (TPSA) is 26.3 Å². The molecule has 3 atom stereocenters. The lowest BCUT2D eigenvalue weighted by Crippen LogP contribution is -2.38. The second kappa shape index (κ2) is 4.00. The molecule has 0 heterocycles. The smallest absolute Gasteiger partial charge is 0.306 e. The average molecular weight is 238 g/mol. The molecule has 0 N–H and O–H groups in total. The number of hydrogen-bond donors (Lipinski definition) is 0. The Balaban J connectivity index is 2.03. The Morgan fingerprint density at radius 3 is 2.41 bits per heavy atom. The minimum absolute atomic E-state index is 0.00502. The molecule has 0 aromatic heterocycles. The molecule has 0 radical (unpaired) electrons. The summed E-state index contributed by atoms with van der Waals surface area (Å²) in [6, 6.07) is 0. The Bertz CT molecular complexity index is 319. The van der Waals surface area contributed by atoms with E-state index in [1.807, 2.05) is 0 Å². The van der Waals surface area contributed by atoms with Gasteiger partial charge in [0.25, 0.3) is 0 Å². The number of carbonyl (C=O) groups is 1. The first-order valence-electron chi connectivity index (χ1n) is 6.97. The predicted octanol–water partition coefficient (Wildman–Crippen LogP) is 3.79. The van der Waals surface area contributed by atoms with Gasteiger partial charge in [0, 0.05) is 11.8 Å². The summed E-state index contributed by atoms with van der Waals surface area (Å²) in [6.07, 6.45) is 4.30. The number of carbonyl (C=O) groups excluding carboxylic acids is 1. The molecule has 2 unspecified atom stereocenters. The Kier molecular flexibility index (Phi) is 3.04. The molecule has 2 saturated carbocycles. The Morgan fingerprint density at radius 1 is 1.35 bits per heavy atom. The van der Waals surface area contributed by atoms with Crippen LogP contribution in [0.5, 0.6) is 0 Å². The summed E-state index contributed by atoms with van der Waals surface area (Å²) < 4.78 is 5.76. The fraction of sp³-hybridized carbons (Fsp3) is 0.933. The van der Waals surface area contributed by atoms with Crippen LogP contribution >= 0.6 is 0 Å². The number of hydrogen-bond acceptors (Lipinski definition) is 2. The van der Waals surface area contributed by atoms with Crippen molar-refractivity contribution in [1.82, 2.24) is 0 Å². The summed E-state index contributed by atoms with van der Waals surface area (Å²) >= 11 is 0. The zero-order valence-electron chi connectivity index (χ0n) is 11.9. The van der Waals surface area contributed by atoms with Crippen molar-refractivity contribution in [2.45, 2.75) is 66.4 Å². The minimum atomic E-state index is -0.00502. The van der Waals surface area contributed by atoms with Crippen molar-refractivity contribution in [3.63, 3.8) is 0 Å². The Hall–Kier alpha value is -0.530. The number of fused-ring (bicyclic) bond motifs is 2. The van der Waals surface area contributed by atoms with Crippen LogP contribution in [-0.4, -0.2) is 12.1 Å². The van der Waals surface area contributed by atoms with E-state index >= 15 is 0 Å². The van der Waals surface area contributed by atoms with Gasteiger partial charge in [-0.2, -0.15) is 0 Å². The van der Waals surface area contributed by atoms with Gasteiger partial charge in [-0.1, -0.05) is 34.6 Å². The van der Waals surface area contributed by atoms with Crippen molar-refractivity contribution in [2.24, 2.45) is 22.7 Å². The first-order chi connectivity index (χ1) is 7.77. The van der Waals surface area contributed by atoms with Gasteiger partial charge in [0.05, 0.1) is 0 Å². The maximum atomic E-state index is 11.8. The SMILES string of the molecule is CC(C)CC(=O)OC1CC2CC[C@]1(C)C2(C)C. The van der Waals surface area contributed by atoms with Crippen LogP contribution in [0, 0.1) is 22.7 Å². The van der Waals surface area contributed by atoms with Crippen molar-refractivity contribution < 1.29 is 9.53 Å². The van der Waals surface area contributed by atoms with Crippen molar-refractivity contribution in [2.75, 3.05) is 0 Å². The molecular weight excluding hydrogens is 212 g/mol. The highest BCUT2D eigenvalue weighted by Gasteiger charge is 2.62. The van der Waals surface area contributed by atoms with Crippen molar-refractivity contribution >= 4 is 5.97 Å². The third kappa shape index (κ3) is 1.90. The predicted molar refractivity (Wildman–Crippen MR) is 68.6 cm³/mol. The van der Waals surface area contributed by atoms with Gasteiger partial charge in [-0.05, 0) is 36.5 Å². The highest BCUT2D eigenvalue weighted by atomic mass is 16.5. The Morgan fingerprint density at radius 2 is 2.00 bits per heavy atom. The van der Waals surface area contributed by atoms with Crippen LogP contribution in [0.4, 0.5) is 0 Å². The third-order valence-electron chi connectivity index (χ3n) is 5.56. The van der Waals surface area contributed by atoms with Crippen molar-refractivity contribution in [1.29, 1.82) is 0 Å².